The van der Waals surface area contributed by atoms with Gasteiger partial charge < -0.3 is 10.3 Å². The first-order valence-electron chi connectivity index (χ1n) is 7.72. The third-order valence-electron chi connectivity index (χ3n) is 3.77. The van der Waals surface area contributed by atoms with Gasteiger partial charge in [0.05, 0.1) is 15.9 Å². The van der Waals surface area contributed by atoms with E-state index in [-0.39, 0.29) is 5.56 Å². The van der Waals surface area contributed by atoms with Crippen molar-refractivity contribution in [2.45, 2.75) is 17.1 Å². The number of nitrogens with zero attached hydrogens (tertiary/aromatic N) is 1. The number of imidazole rings is 1. The Labute approximate surface area is 148 Å². The van der Waals surface area contributed by atoms with E-state index in [1.54, 1.807) is 0 Å². The van der Waals surface area contributed by atoms with Crippen LogP contribution in [0.3, 0.4) is 0 Å². The number of halogens is 2. The maximum atomic E-state index is 12.5. The van der Waals surface area contributed by atoms with E-state index >= 15 is 0 Å². The van der Waals surface area contributed by atoms with Gasteiger partial charge in [0.2, 0.25) is 9.84 Å². The fourth-order valence-electron chi connectivity index (χ4n) is 2.42. The summed E-state index contributed by atoms with van der Waals surface area (Å²) in [5.41, 5.74) is 1.93. The van der Waals surface area contributed by atoms with E-state index in [2.05, 4.69) is 15.3 Å². The molecule has 0 atom stereocenters. The van der Waals surface area contributed by atoms with Crippen LogP contribution < -0.4 is 5.32 Å². The molecule has 0 radical (unpaired) electrons. The van der Waals surface area contributed by atoms with Crippen LogP contribution >= 0.6 is 0 Å². The molecule has 0 bridgehead atoms. The Morgan fingerprint density at radius 2 is 1.81 bits per heavy atom. The summed E-state index contributed by atoms with van der Waals surface area (Å²) in [6.45, 7) is 0.315. The first-order valence-corrected chi connectivity index (χ1v) is 9.26. The zero-order valence-corrected chi connectivity index (χ0v) is 14.3. The molecule has 2 N–H and O–H groups in total. The number of alkyl halides is 2. The highest BCUT2D eigenvalue weighted by molar-refractivity contribution is 7.91. The van der Waals surface area contributed by atoms with Crippen molar-refractivity contribution >= 4 is 26.8 Å². The Bertz CT molecular complexity index is 998. The molecule has 0 unspecified atom stereocenters. The van der Waals surface area contributed by atoms with Gasteiger partial charge in [-0.25, -0.2) is 13.4 Å². The highest BCUT2D eigenvalue weighted by atomic mass is 32.2. The van der Waals surface area contributed by atoms with E-state index in [9.17, 15) is 22.0 Å². The summed E-state index contributed by atoms with van der Waals surface area (Å²) in [4.78, 5) is 19.1. The van der Waals surface area contributed by atoms with Crippen LogP contribution in [0.5, 0.6) is 0 Å². The number of para-hydroxylation sites is 2. The summed E-state index contributed by atoms with van der Waals surface area (Å²) >= 11 is 0. The van der Waals surface area contributed by atoms with Crippen molar-refractivity contribution in [2.24, 2.45) is 0 Å². The van der Waals surface area contributed by atoms with Crippen molar-refractivity contribution < 1.29 is 22.0 Å². The molecular weight excluding hydrogens is 364 g/mol. The molecule has 9 heteroatoms. The van der Waals surface area contributed by atoms with Gasteiger partial charge in [0.1, 0.15) is 5.82 Å². The van der Waals surface area contributed by atoms with Crippen LogP contribution in [0.15, 0.2) is 53.4 Å². The van der Waals surface area contributed by atoms with E-state index in [0.29, 0.717) is 13.0 Å². The number of nitrogens with one attached hydrogen (secondary N) is 2. The second kappa shape index (κ2) is 7.20. The molecule has 0 aliphatic heterocycles. The highest BCUT2D eigenvalue weighted by Crippen LogP contribution is 2.18. The molecule has 1 heterocycles. The minimum atomic E-state index is -4.66. The van der Waals surface area contributed by atoms with Gasteiger partial charge in [0, 0.05) is 18.5 Å². The van der Waals surface area contributed by atoms with Gasteiger partial charge in [-0.2, -0.15) is 8.78 Å². The van der Waals surface area contributed by atoms with Crippen LogP contribution in [0.1, 0.15) is 16.2 Å². The van der Waals surface area contributed by atoms with E-state index in [0.717, 1.165) is 29.0 Å². The zero-order valence-electron chi connectivity index (χ0n) is 13.4. The molecule has 3 rings (SSSR count). The molecule has 2 aromatic carbocycles. The van der Waals surface area contributed by atoms with E-state index in [1.807, 2.05) is 24.3 Å². The van der Waals surface area contributed by atoms with Gasteiger partial charge in [0.15, 0.2) is 0 Å². The number of fused-ring (bicyclic) bond motifs is 1. The summed E-state index contributed by atoms with van der Waals surface area (Å²) in [6, 6.07) is 11.9. The number of amides is 1. The molecule has 0 saturated carbocycles. The van der Waals surface area contributed by atoms with Crippen LogP contribution in [0.4, 0.5) is 8.78 Å². The van der Waals surface area contributed by atoms with Crippen molar-refractivity contribution in [1.82, 2.24) is 15.3 Å². The highest BCUT2D eigenvalue weighted by Gasteiger charge is 2.26. The third kappa shape index (κ3) is 3.72. The lowest BCUT2D eigenvalue weighted by Crippen LogP contribution is -2.26. The van der Waals surface area contributed by atoms with Crippen molar-refractivity contribution in [3.05, 3.63) is 59.9 Å². The van der Waals surface area contributed by atoms with E-state index in [4.69, 9.17) is 0 Å². The lowest BCUT2D eigenvalue weighted by molar-refractivity contribution is 0.0954. The summed E-state index contributed by atoms with van der Waals surface area (Å²) in [5.74, 6) is -3.20. The molecule has 3 aromatic rings. The minimum absolute atomic E-state index is 0.183. The number of H-pyrrole nitrogens is 1. The summed E-state index contributed by atoms with van der Waals surface area (Å²) < 4.78 is 47.7. The second-order valence-corrected chi connectivity index (χ2v) is 7.45. The predicted octanol–water partition coefficient (Wildman–Crippen LogP) is 2.53. The standard InChI is InChI=1S/C17H15F2N3O3S/c18-17(19)26(24,25)12-7-5-11(6-8-12)16(23)20-10-9-15-21-13-3-1-2-4-14(13)22-15/h1-8,17H,9-10H2,(H,20,23)(H,21,22). The van der Waals surface area contributed by atoms with Crippen LogP contribution in [0.2, 0.25) is 0 Å². The average Bonchev–Trinajstić information content (AvgIpc) is 3.04. The molecule has 26 heavy (non-hydrogen) atoms. The zero-order chi connectivity index (χ0) is 18.7. The minimum Gasteiger partial charge on any atom is -0.352 e. The fourth-order valence-corrected chi connectivity index (χ4v) is 3.14. The Morgan fingerprint density at radius 1 is 1.12 bits per heavy atom. The maximum absolute atomic E-state index is 12.5. The van der Waals surface area contributed by atoms with Crippen LogP contribution in [0, 0.1) is 0 Å². The van der Waals surface area contributed by atoms with Crippen LogP contribution in [-0.4, -0.2) is 36.6 Å². The smallest absolute Gasteiger partial charge is 0.341 e. The molecule has 136 valence electrons. The molecule has 0 saturated heterocycles. The van der Waals surface area contributed by atoms with Gasteiger partial charge in [-0.05, 0) is 36.4 Å². The number of hydrogen-bond acceptors (Lipinski definition) is 4. The van der Waals surface area contributed by atoms with Gasteiger partial charge in [-0.15, -0.1) is 0 Å². The topological polar surface area (TPSA) is 91.9 Å². The quantitative estimate of drug-likeness (QED) is 0.688. The lowest BCUT2D eigenvalue weighted by Gasteiger charge is -2.06. The molecule has 1 amide bonds. The fraction of sp³-hybridized carbons (Fsp3) is 0.176. The predicted molar refractivity (Wildman–Crippen MR) is 91.8 cm³/mol. The van der Waals surface area contributed by atoms with Gasteiger partial charge in [-0.1, -0.05) is 12.1 Å². The van der Waals surface area contributed by atoms with Gasteiger partial charge >= 0.3 is 5.76 Å². The number of rotatable bonds is 6. The number of carbonyl (C=O) groups excluding carboxylic acids is 1. The molecule has 1 aromatic heterocycles. The molecule has 0 aliphatic rings. The lowest BCUT2D eigenvalue weighted by atomic mass is 10.2. The summed E-state index contributed by atoms with van der Waals surface area (Å²) in [6.07, 6.45) is 0.484. The van der Waals surface area contributed by atoms with Crippen LogP contribution in [0.25, 0.3) is 11.0 Å². The molecule has 6 nitrogen and oxygen atoms in total. The number of hydrogen-bond donors (Lipinski definition) is 2. The number of aromatic amines is 1. The third-order valence-corrected chi connectivity index (χ3v) is 5.16. The maximum Gasteiger partial charge on any atom is 0.341 e. The Kier molecular flexibility index (Phi) is 4.99. The molecule has 0 fully saturated rings. The van der Waals surface area contributed by atoms with Gasteiger partial charge in [-0.3, -0.25) is 4.79 Å². The first-order chi connectivity index (χ1) is 12.4. The van der Waals surface area contributed by atoms with Crippen molar-refractivity contribution in [3.63, 3.8) is 0 Å². The molecule has 0 spiro atoms. The second-order valence-electron chi connectivity index (χ2n) is 5.54. The Balaban J connectivity index is 1.59. The normalized spacial score (nSPS) is 11.8. The summed E-state index contributed by atoms with van der Waals surface area (Å²) in [5, 5.41) is 2.68. The SMILES string of the molecule is O=C(NCCc1nc2ccccc2[nH]1)c1ccc(S(=O)(=O)C(F)F)cc1. The number of aromatic nitrogens is 2. The molecular formula is C17H15F2N3O3S. The van der Waals surface area contributed by atoms with Crippen molar-refractivity contribution in [3.8, 4) is 0 Å². The Morgan fingerprint density at radius 3 is 2.46 bits per heavy atom. The largest absolute Gasteiger partial charge is 0.352 e. The van der Waals surface area contributed by atoms with Crippen LogP contribution in [-0.2, 0) is 16.3 Å². The van der Waals surface area contributed by atoms with Gasteiger partial charge in [0.25, 0.3) is 5.91 Å². The van der Waals surface area contributed by atoms with E-state index in [1.165, 1.54) is 12.1 Å². The average molecular weight is 379 g/mol. The van der Waals surface area contributed by atoms with Crippen molar-refractivity contribution in [2.75, 3.05) is 6.54 Å². The van der Waals surface area contributed by atoms with E-state index < -0.39 is 26.4 Å². The first kappa shape index (κ1) is 18.0. The van der Waals surface area contributed by atoms with Crippen molar-refractivity contribution in [1.29, 1.82) is 0 Å². The number of sulfone groups is 1. The summed E-state index contributed by atoms with van der Waals surface area (Å²) in [7, 11) is -4.66. The number of benzene rings is 2. The monoisotopic (exact) mass is 379 g/mol. The number of carbonyl (C=O) groups is 1. The Hall–Kier alpha value is -2.81. The molecule has 0 aliphatic carbocycles.